The Morgan fingerprint density at radius 1 is 1.14 bits per heavy atom. The van der Waals surface area contributed by atoms with Gasteiger partial charge in [0.2, 0.25) is 0 Å². The van der Waals surface area contributed by atoms with Crippen LogP contribution in [0.2, 0.25) is 0 Å². The van der Waals surface area contributed by atoms with E-state index in [1.54, 1.807) is 26.8 Å². The number of hydrogen-bond acceptors (Lipinski definition) is 10. The highest BCUT2D eigenvalue weighted by Crippen LogP contribution is 2.20. The third-order valence-corrected chi connectivity index (χ3v) is 3.80. The third kappa shape index (κ3) is 11.0. The van der Waals surface area contributed by atoms with Crippen LogP contribution in [0.1, 0.15) is 27.7 Å². The number of nitroso groups, excluding NO2 is 1. The van der Waals surface area contributed by atoms with Crippen LogP contribution in [0, 0.1) is 10.8 Å². The summed E-state index contributed by atoms with van der Waals surface area (Å²) in [6.45, 7) is 8.72. The molecular formula is C19H32N2O8. The second kappa shape index (κ2) is 13.4. The predicted octanol–water partition coefficient (Wildman–Crippen LogP) is 2.09. The van der Waals surface area contributed by atoms with E-state index < -0.39 is 11.8 Å². The lowest BCUT2D eigenvalue weighted by Gasteiger charge is -2.26. The van der Waals surface area contributed by atoms with Crippen molar-refractivity contribution >= 4 is 11.9 Å². The van der Waals surface area contributed by atoms with Gasteiger partial charge in [0.25, 0.3) is 0 Å². The van der Waals surface area contributed by atoms with E-state index in [4.69, 9.17) is 23.7 Å². The lowest BCUT2D eigenvalue weighted by molar-refractivity contribution is -0.0292. The van der Waals surface area contributed by atoms with E-state index in [1.807, 2.05) is 6.92 Å². The van der Waals surface area contributed by atoms with E-state index in [-0.39, 0.29) is 38.4 Å². The van der Waals surface area contributed by atoms with Crippen LogP contribution in [-0.2, 0) is 23.7 Å². The van der Waals surface area contributed by atoms with E-state index in [9.17, 15) is 14.8 Å². The zero-order chi connectivity index (χ0) is 21.7. The summed E-state index contributed by atoms with van der Waals surface area (Å²) in [5.74, 6) is -0.0938. The van der Waals surface area contributed by atoms with Crippen LogP contribution in [0.25, 0.3) is 0 Å². The second-order valence-corrected chi connectivity index (χ2v) is 7.37. The molecule has 0 aliphatic carbocycles. The van der Waals surface area contributed by atoms with E-state index in [0.29, 0.717) is 37.8 Å². The fourth-order valence-corrected chi connectivity index (χ4v) is 2.40. The molecule has 0 aromatic carbocycles. The summed E-state index contributed by atoms with van der Waals surface area (Å²) in [6.07, 6.45) is 0.733. The van der Waals surface area contributed by atoms with Crippen molar-refractivity contribution in [2.75, 3.05) is 52.8 Å². The fraction of sp³-hybridized carbons (Fsp3) is 0.789. The molecule has 1 aliphatic rings. The summed E-state index contributed by atoms with van der Waals surface area (Å²) in [7, 11) is 0. The summed E-state index contributed by atoms with van der Waals surface area (Å²) < 4.78 is 26.4. The van der Waals surface area contributed by atoms with Crippen molar-refractivity contribution in [3.63, 3.8) is 0 Å². The molecule has 166 valence electrons. The molecule has 0 radical (unpaired) electrons. The highest BCUT2D eigenvalue weighted by atomic mass is 16.7. The number of aliphatic hydroxyl groups is 1. The molecule has 29 heavy (non-hydrogen) atoms. The van der Waals surface area contributed by atoms with Crippen LogP contribution in [0.4, 0.5) is 4.79 Å². The van der Waals surface area contributed by atoms with Crippen LogP contribution in [0.15, 0.2) is 21.9 Å². The van der Waals surface area contributed by atoms with Gasteiger partial charge in [0.05, 0.1) is 51.4 Å². The molecule has 2 atom stereocenters. The van der Waals surface area contributed by atoms with Crippen LogP contribution >= 0.6 is 0 Å². The van der Waals surface area contributed by atoms with Gasteiger partial charge in [0.15, 0.2) is 0 Å². The van der Waals surface area contributed by atoms with Crippen molar-refractivity contribution in [1.82, 2.24) is 0 Å². The SMILES string of the molecule is C[C@H]1C(CO)=NC(CN=O)=CC1OCCOCCOCCOC(=O)OC(C)(C)C. The zero-order valence-corrected chi connectivity index (χ0v) is 17.6. The topological polar surface area (TPSA) is 125 Å². The number of nitrogens with zero attached hydrogens (tertiary/aromatic N) is 2. The molecule has 0 fully saturated rings. The van der Waals surface area contributed by atoms with Crippen LogP contribution < -0.4 is 0 Å². The van der Waals surface area contributed by atoms with Gasteiger partial charge in [0, 0.05) is 11.6 Å². The van der Waals surface area contributed by atoms with Gasteiger partial charge in [-0.25, -0.2) is 4.79 Å². The van der Waals surface area contributed by atoms with Gasteiger partial charge in [-0.1, -0.05) is 12.1 Å². The van der Waals surface area contributed by atoms with E-state index in [2.05, 4.69) is 10.2 Å². The minimum atomic E-state index is -0.720. The predicted molar refractivity (Wildman–Crippen MR) is 106 cm³/mol. The molecule has 10 nitrogen and oxygen atoms in total. The van der Waals surface area contributed by atoms with Crippen molar-refractivity contribution in [2.45, 2.75) is 39.4 Å². The standard InChI is InChI=1S/C19H32N2O8/c1-14-16(13-22)21-15(12-20-24)11-17(14)27-9-7-25-5-6-26-8-10-28-18(23)29-19(2,3)4/h11,14,17,22H,5-10,12-13H2,1-4H3/t14-,17?/m0/s1. The van der Waals surface area contributed by atoms with Gasteiger partial charge < -0.3 is 28.8 Å². The summed E-state index contributed by atoms with van der Waals surface area (Å²) in [5, 5.41) is 12.2. The van der Waals surface area contributed by atoms with E-state index in [1.165, 1.54) is 0 Å². The first kappa shape index (κ1) is 25.2. The van der Waals surface area contributed by atoms with Crippen LogP contribution in [-0.4, -0.2) is 81.5 Å². The van der Waals surface area contributed by atoms with Crippen LogP contribution in [0.3, 0.4) is 0 Å². The Hall–Kier alpha value is -1.88. The van der Waals surface area contributed by atoms with Crippen molar-refractivity contribution in [1.29, 1.82) is 0 Å². The number of ether oxygens (including phenoxy) is 5. The number of aliphatic imine (C=N–C) groups is 1. The van der Waals surface area contributed by atoms with E-state index >= 15 is 0 Å². The molecular weight excluding hydrogens is 384 g/mol. The van der Waals surface area contributed by atoms with Gasteiger partial charge in [0.1, 0.15) is 18.8 Å². The van der Waals surface area contributed by atoms with Gasteiger partial charge >= 0.3 is 6.16 Å². The average Bonchev–Trinajstić information content (AvgIpc) is 2.64. The molecule has 0 saturated heterocycles. The molecule has 0 aromatic heterocycles. The van der Waals surface area contributed by atoms with Gasteiger partial charge in [-0.15, -0.1) is 0 Å². The maximum atomic E-state index is 11.3. The van der Waals surface area contributed by atoms with Crippen molar-refractivity contribution < 1.29 is 33.6 Å². The third-order valence-electron chi connectivity index (χ3n) is 3.80. The molecule has 0 spiro atoms. The lowest BCUT2D eigenvalue weighted by atomic mass is 9.95. The van der Waals surface area contributed by atoms with Crippen molar-refractivity contribution in [3.05, 3.63) is 16.7 Å². The Kier molecular flexibility index (Phi) is 11.6. The normalized spacial score (nSPS) is 19.3. The molecule has 0 aromatic rings. The maximum absolute atomic E-state index is 11.3. The maximum Gasteiger partial charge on any atom is 0.508 e. The van der Waals surface area contributed by atoms with E-state index in [0.717, 1.165) is 0 Å². The van der Waals surface area contributed by atoms with Gasteiger partial charge in [-0.3, -0.25) is 4.99 Å². The Morgan fingerprint density at radius 2 is 1.76 bits per heavy atom. The average molecular weight is 416 g/mol. The molecule has 1 N–H and O–H groups in total. The number of hydrogen-bond donors (Lipinski definition) is 1. The quantitative estimate of drug-likeness (QED) is 0.275. The molecule has 1 rings (SSSR count). The highest BCUT2D eigenvalue weighted by molar-refractivity contribution is 5.90. The Morgan fingerprint density at radius 3 is 2.34 bits per heavy atom. The molecule has 10 heteroatoms. The largest absolute Gasteiger partial charge is 0.508 e. The molecule has 0 saturated carbocycles. The van der Waals surface area contributed by atoms with Gasteiger partial charge in [-0.05, 0) is 26.8 Å². The molecule has 1 heterocycles. The monoisotopic (exact) mass is 416 g/mol. The number of rotatable bonds is 13. The molecule has 0 bridgehead atoms. The second-order valence-electron chi connectivity index (χ2n) is 7.37. The number of carbonyl (C=O) groups excluding carboxylic acids is 1. The first-order chi connectivity index (χ1) is 13.8. The van der Waals surface area contributed by atoms with Crippen molar-refractivity contribution in [3.8, 4) is 0 Å². The van der Waals surface area contributed by atoms with Crippen molar-refractivity contribution in [2.24, 2.45) is 16.1 Å². The zero-order valence-electron chi connectivity index (χ0n) is 17.6. The smallest absolute Gasteiger partial charge is 0.432 e. The summed E-state index contributed by atoms with van der Waals surface area (Å²) in [5.41, 5.74) is 0.479. The summed E-state index contributed by atoms with van der Waals surface area (Å²) in [4.78, 5) is 26.0. The minimum absolute atomic E-state index is 0.0540. The molecule has 1 unspecified atom stereocenters. The number of carbonyl (C=O) groups is 1. The summed E-state index contributed by atoms with van der Waals surface area (Å²) in [6, 6.07) is 0. The Bertz CT molecular complexity index is 571. The highest BCUT2D eigenvalue weighted by Gasteiger charge is 2.25. The Labute approximate surface area is 171 Å². The van der Waals surface area contributed by atoms with Gasteiger partial charge in [-0.2, -0.15) is 4.91 Å². The lowest BCUT2D eigenvalue weighted by Crippen LogP contribution is -2.33. The Balaban J connectivity index is 2.09. The first-order valence-electron chi connectivity index (χ1n) is 9.57. The minimum Gasteiger partial charge on any atom is -0.432 e. The summed E-state index contributed by atoms with van der Waals surface area (Å²) >= 11 is 0. The van der Waals surface area contributed by atoms with Crippen LogP contribution in [0.5, 0.6) is 0 Å². The number of aliphatic hydroxyl groups excluding tert-OH is 1. The molecule has 0 amide bonds. The first-order valence-corrected chi connectivity index (χ1v) is 9.57. The fourth-order valence-electron chi connectivity index (χ4n) is 2.40. The molecule has 1 aliphatic heterocycles.